The van der Waals surface area contributed by atoms with Crippen molar-refractivity contribution in [2.24, 2.45) is 11.8 Å². The number of rotatable bonds is 14. The van der Waals surface area contributed by atoms with Gasteiger partial charge in [-0.3, -0.25) is 4.90 Å². The summed E-state index contributed by atoms with van der Waals surface area (Å²) in [6, 6.07) is 1.72. The van der Waals surface area contributed by atoms with Crippen LogP contribution in [0.2, 0.25) is 0 Å². The lowest BCUT2D eigenvalue weighted by atomic mass is 9.92. The molecular formula is C25H49NS. The molecule has 2 aliphatic rings. The molecule has 0 spiro atoms. The maximum atomic E-state index is 2.96. The largest absolute Gasteiger partial charge is 0.288 e. The first kappa shape index (κ1) is 23.6. The van der Waals surface area contributed by atoms with E-state index in [-0.39, 0.29) is 0 Å². The predicted molar refractivity (Wildman–Crippen MR) is 125 cm³/mol. The molecule has 0 N–H and O–H groups in total. The van der Waals surface area contributed by atoms with E-state index >= 15 is 0 Å². The molecule has 0 aromatic heterocycles. The minimum atomic E-state index is 0.832. The lowest BCUT2D eigenvalue weighted by Gasteiger charge is -2.40. The van der Waals surface area contributed by atoms with Gasteiger partial charge in [-0.1, -0.05) is 91.4 Å². The summed E-state index contributed by atoms with van der Waals surface area (Å²) in [5.41, 5.74) is 0. The van der Waals surface area contributed by atoms with Crippen LogP contribution < -0.4 is 0 Å². The summed E-state index contributed by atoms with van der Waals surface area (Å²) in [6.45, 7) is 7.12. The lowest BCUT2D eigenvalue weighted by Crippen LogP contribution is -2.44. The van der Waals surface area contributed by atoms with E-state index in [0.29, 0.717) is 0 Å². The molecule has 0 aromatic carbocycles. The average Bonchev–Trinajstić information content (AvgIpc) is 3.15. The molecule has 3 atom stereocenters. The number of thioether (sulfide) groups is 1. The maximum Gasteiger partial charge on any atom is 0.0450 e. The smallest absolute Gasteiger partial charge is 0.0450 e. The molecule has 0 heterocycles. The van der Waals surface area contributed by atoms with Crippen LogP contribution in [0.1, 0.15) is 124 Å². The van der Waals surface area contributed by atoms with Crippen LogP contribution in [0.15, 0.2) is 0 Å². The second-order valence-corrected chi connectivity index (χ2v) is 10.5. The summed E-state index contributed by atoms with van der Waals surface area (Å²) in [4.78, 5) is 2.96. The SMILES string of the molecule is CCCCCCC1CCCC1CSCN(C(CC)CCC)C1CCCCC1. The van der Waals surface area contributed by atoms with Crippen molar-refractivity contribution in [1.29, 1.82) is 0 Å². The first-order valence-electron chi connectivity index (χ1n) is 12.6. The third-order valence-corrected chi connectivity index (χ3v) is 8.57. The summed E-state index contributed by atoms with van der Waals surface area (Å²) in [6.07, 6.45) is 23.3. The van der Waals surface area contributed by atoms with Crippen LogP contribution in [0.25, 0.3) is 0 Å². The molecule has 0 saturated heterocycles. The van der Waals surface area contributed by atoms with Crippen LogP contribution >= 0.6 is 11.8 Å². The van der Waals surface area contributed by atoms with Gasteiger partial charge in [-0.15, -0.1) is 11.8 Å². The molecule has 0 radical (unpaired) electrons. The highest BCUT2D eigenvalue weighted by molar-refractivity contribution is 7.99. The zero-order chi connectivity index (χ0) is 19.3. The van der Waals surface area contributed by atoms with Crippen molar-refractivity contribution in [3.05, 3.63) is 0 Å². The van der Waals surface area contributed by atoms with E-state index in [1.807, 2.05) is 0 Å². The topological polar surface area (TPSA) is 3.24 Å². The van der Waals surface area contributed by atoms with Crippen molar-refractivity contribution in [1.82, 2.24) is 4.90 Å². The van der Waals surface area contributed by atoms with Gasteiger partial charge in [-0.25, -0.2) is 0 Å². The van der Waals surface area contributed by atoms with Gasteiger partial charge in [0.2, 0.25) is 0 Å². The van der Waals surface area contributed by atoms with Crippen molar-refractivity contribution in [3.63, 3.8) is 0 Å². The van der Waals surface area contributed by atoms with Crippen LogP contribution in [0.3, 0.4) is 0 Å². The van der Waals surface area contributed by atoms with E-state index in [4.69, 9.17) is 0 Å². The molecule has 2 saturated carbocycles. The van der Waals surface area contributed by atoms with Crippen molar-refractivity contribution >= 4 is 11.8 Å². The zero-order valence-corrected chi connectivity index (χ0v) is 19.7. The molecule has 160 valence electrons. The molecule has 3 unspecified atom stereocenters. The van der Waals surface area contributed by atoms with Crippen molar-refractivity contribution in [2.75, 3.05) is 11.6 Å². The molecule has 2 aliphatic carbocycles. The second kappa shape index (κ2) is 14.3. The predicted octanol–water partition coefficient (Wildman–Crippen LogP) is 8.28. The Bertz CT molecular complexity index is 347. The Balaban J connectivity index is 1.78. The van der Waals surface area contributed by atoms with E-state index in [2.05, 4.69) is 37.4 Å². The number of hydrogen-bond acceptors (Lipinski definition) is 2. The Labute approximate surface area is 175 Å². The van der Waals surface area contributed by atoms with Gasteiger partial charge in [0.25, 0.3) is 0 Å². The summed E-state index contributed by atoms with van der Waals surface area (Å²) in [5, 5.41) is 0. The average molecular weight is 396 g/mol. The molecule has 0 amide bonds. The first-order chi connectivity index (χ1) is 13.3. The van der Waals surface area contributed by atoms with E-state index in [0.717, 1.165) is 23.9 Å². The van der Waals surface area contributed by atoms with E-state index < -0.39 is 0 Å². The molecule has 0 aromatic rings. The van der Waals surface area contributed by atoms with Crippen LogP contribution in [0.4, 0.5) is 0 Å². The van der Waals surface area contributed by atoms with Crippen molar-refractivity contribution in [3.8, 4) is 0 Å². The number of hydrogen-bond donors (Lipinski definition) is 0. The van der Waals surface area contributed by atoms with Gasteiger partial charge in [-0.2, -0.15) is 0 Å². The molecule has 0 bridgehead atoms. The highest BCUT2D eigenvalue weighted by Crippen LogP contribution is 2.38. The Kier molecular flexibility index (Phi) is 12.5. The second-order valence-electron chi connectivity index (χ2n) is 9.46. The summed E-state index contributed by atoms with van der Waals surface area (Å²) in [7, 11) is 0. The minimum absolute atomic E-state index is 0.832. The fourth-order valence-corrected chi connectivity index (χ4v) is 7.19. The third kappa shape index (κ3) is 8.29. The van der Waals surface area contributed by atoms with Gasteiger partial charge in [-0.05, 0) is 49.7 Å². The maximum absolute atomic E-state index is 2.96. The van der Waals surface area contributed by atoms with Gasteiger partial charge in [0, 0.05) is 18.0 Å². The number of nitrogens with zero attached hydrogens (tertiary/aromatic N) is 1. The summed E-state index contributed by atoms with van der Waals surface area (Å²) in [5.74, 6) is 4.82. The quantitative estimate of drug-likeness (QED) is 0.215. The molecular weight excluding hydrogens is 346 g/mol. The van der Waals surface area contributed by atoms with E-state index in [9.17, 15) is 0 Å². The van der Waals surface area contributed by atoms with Gasteiger partial charge >= 0.3 is 0 Å². The highest BCUT2D eigenvalue weighted by atomic mass is 32.2. The Morgan fingerprint density at radius 2 is 1.59 bits per heavy atom. The van der Waals surface area contributed by atoms with Crippen LogP contribution in [-0.2, 0) is 0 Å². The fourth-order valence-electron chi connectivity index (χ4n) is 5.72. The highest BCUT2D eigenvalue weighted by Gasteiger charge is 2.29. The van der Waals surface area contributed by atoms with Gasteiger partial charge < -0.3 is 0 Å². The van der Waals surface area contributed by atoms with E-state index in [1.165, 1.54) is 114 Å². The number of unbranched alkanes of at least 4 members (excludes halogenated alkanes) is 3. The Morgan fingerprint density at radius 3 is 2.30 bits per heavy atom. The molecule has 0 aliphatic heterocycles. The van der Waals surface area contributed by atoms with E-state index in [1.54, 1.807) is 0 Å². The van der Waals surface area contributed by atoms with Crippen LogP contribution in [0.5, 0.6) is 0 Å². The fraction of sp³-hybridized carbons (Fsp3) is 1.00. The zero-order valence-electron chi connectivity index (χ0n) is 18.9. The third-order valence-electron chi connectivity index (χ3n) is 7.42. The van der Waals surface area contributed by atoms with Crippen molar-refractivity contribution in [2.45, 2.75) is 136 Å². The van der Waals surface area contributed by atoms with Gasteiger partial charge in [0.1, 0.15) is 0 Å². The van der Waals surface area contributed by atoms with Gasteiger partial charge in [0.05, 0.1) is 0 Å². The molecule has 1 nitrogen and oxygen atoms in total. The van der Waals surface area contributed by atoms with Gasteiger partial charge in [0.15, 0.2) is 0 Å². The standard InChI is InChI=1S/C25H49NS/c1-4-7-8-10-15-22-16-13-17-23(22)20-27-21-26(24(6-3)14-5-2)25-18-11-9-12-19-25/h22-25H,4-21H2,1-3H3. The molecule has 2 fully saturated rings. The molecule has 27 heavy (non-hydrogen) atoms. The normalized spacial score (nSPS) is 25.3. The first-order valence-corrected chi connectivity index (χ1v) is 13.8. The molecule has 2 rings (SSSR count). The Morgan fingerprint density at radius 1 is 0.815 bits per heavy atom. The van der Waals surface area contributed by atoms with Crippen molar-refractivity contribution < 1.29 is 0 Å². The van der Waals surface area contributed by atoms with Crippen LogP contribution in [0, 0.1) is 11.8 Å². The monoisotopic (exact) mass is 395 g/mol. The molecule has 2 heteroatoms. The van der Waals surface area contributed by atoms with Crippen LogP contribution in [-0.4, -0.2) is 28.6 Å². The summed E-state index contributed by atoms with van der Waals surface area (Å²) < 4.78 is 0. The summed E-state index contributed by atoms with van der Waals surface area (Å²) >= 11 is 2.30. The lowest BCUT2D eigenvalue weighted by molar-refractivity contribution is 0.119. The minimum Gasteiger partial charge on any atom is -0.288 e. The Hall–Kier alpha value is 0.310.